The number of carbonyl (C=O) groups excluding carboxylic acids is 2. The molecule has 1 aromatic carbocycles. The number of aromatic hydroxyl groups is 1. The monoisotopic (exact) mass is 208 g/mol. The number of rotatable bonds is 2. The maximum absolute atomic E-state index is 11.1. The minimum absolute atomic E-state index is 0.106. The Bertz CT molecular complexity index is 367. The summed E-state index contributed by atoms with van der Waals surface area (Å²) in [4.78, 5) is 22.1. The number of ketones is 2. The normalized spacial score (nSPS) is 8.80. The van der Waals surface area contributed by atoms with Crippen LogP contribution in [0.2, 0.25) is 0 Å². The SMILES string of the molecule is CC.CC(=O)c1cccc(O)c1C(C)=O. The van der Waals surface area contributed by atoms with E-state index in [1.54, 1.807) is 6.07 Å². The Morgan fingerprint density at radius 2 is 1.60 bits per heavy atom. The molecule has 1 N–H and O–H groups in total. The van der Waals surface area contributed by atoms with E-state index in [0.717, 1.165) is 0 Å². The van der Waals surface area contributed by atoms with Crippen molar-refractivity contribution < 1.29 is 14.7 Å². The lowest BCUT2D eigenvalue weighted by atomic mass is 10.0. The van der Waals surface area contributed by atoms with Crippen LogP contribution in [0.15, 0.2) is 18.2 Å². The quantitative estimate of drug-likeness (QED) is 0.760. The van der Waals surface area contributed by atoms with Crippen molar-refractivity contribution in [3.8, 4) is 5.75 Å². The Hall–Kier alpha value is -1.64. The van der Waals surface area contributed by atoms with Crippen molar-refractivity contribution in [2.24, 2.45) is 0 Å². The number of hydrogen-bond acceptors (Lipinski definition) is 3. The lowest BCUT2D eigenvalue weighted by Gasteiger charge is -2.04. The molecule has 0 amide bonds. The van der Waals surface area contributed by atoms with E-state index < -0.39 is 0 Å². The second-order valence-corrected chi connectivity index (χ2v) is 2.81. The molecular weight excluding hydrogens is 192 g/mol. The summed E-state index contributed by atoms with van der Waals surface area (Å²) in [7, 11) is 0. The highest BCUT2D eigenvalue weighted by atomic mass is 16.3. The molecule has 82 valence electrons. The lowest BCUT2D eigenvalue weighted by Crippen LogP contribution is -2.03. The summed E-state index contributed by atoms with van der Waals surface area (Å²) in [5.74, 6) is -0.662. The van der Waals surface area contributed by atoms with Gasteiger partial charge in [-0.15, -0.1) is 0 Å². The highest BCUT2D eigenvalue weighted by Gasteiger charge is 2.14. The molecule has 0 unspecified atom stereocenters. The van der Waals surface area contributed by atoms with E-state index in [-0.39, 0.29) is 28.4 Å². The molecule has 0 aromatic heterocycles. The average Bonchev–Trinajstić information content (AvgIpc) is 2.19. The highest BCUT2D eigenvalue weighted by molar-refractivity contribution is 6.08. The molecule has 15 heavy (non-hydrogen) atoms. The van der Waals surface area contributed by atoms with E-state index in [1.807, 2.05) is 13.8 Å². The third-order valence-corrected chi connectivity index (χ3v) is 1.77. The first-order valence-corrected chi connectivity index (χ1v) is 4.88. The van der Waals surface area contributed by atoms with E-state index in [0.29, 0.717) is 0 Å². The molecule has 0 aliphatic heterocycles. The van der Waals surface area contributed by atoms with Crippen LogP contribution < -0.4 is 0 Å². The number of phenols is 1. The van der Waals surface area contributed by atoms with Gasteiger partial charge >= 0.3 is 0 Å². The summed E-state index contributed by atoms with van der Waals surface area (Å²) < 4.78 is 0. The third-order valence-electron chi connectivity index (χ3n) is 1.77. The van der Waals surface area contributed by atoms with Crippen molar-refractivity contribution in [1.29, 1.82) is 0 Å². The molecule has 0 bridgehead atoms. The smallest absolute Gasteiger partial charge is 0.164 e. The fourth-order valence-electron chi connectivity index (χ4n) is 1.20. The molecule has 1 aromatic rings. The van der Waals surface area contributed by atoms with E-state index in [4.69, 9.17) is 0 Å². The highest BCUT2D eigenvalue weighted by Crippen LogP contribution is 2.21. The van der Waals surface area contributed by atoms with Gasteiger partial charge in [0.25, 0.3) is 0 Å². The molecule has 0 aliphatic rings. The van der Waals surface area contributed by atoms with E-state index in [9.17, 15) is 14.7 Å². The summed E-state index contributed by atoms with van der Waals surface area (Å²) in [6, 6.07) is 4.46. The molecule has 0 fully saturated rings. The molecule has 0 atom stereocenters. The van der Waals surface area contributed by atoms with Crippen LogP contribution in [-0.2, 0) is 0 Å². The van der Waals surface area contributed by atoms with Crippen LogP contribution in [0.5, 0.6) is 5.75 Å². The Morgan fingerprint density at radius 3 is 1.93 bits per heavy atom. The second-order valence-electron chi connectivity index (χ2n) is 2.81. The van der Waals surface area contributed by atoms with Gasteiger partial charge in [0.2, 0.25) is 0 Å². The maximum atomic E-state index is 11.1. The molecule has 3 heteroatoms. The Kier molecular flexibility index (Phi) is 5.31. The van der Waals surface area contributed by atoms with E-state index >= 15 is 0 Å². The largest absolute Gasteiger partial charge is 0.507 e. The molecule has 0 saturated carbocycles. The first-order valence-electron chi connectivity index (χ1n) is 4.88. The second kappa shape index (κ2) is 5.96. The Morgan fingerprint density at radius 1 is 1.07 bits per heavy atom. The average molecular weight is 208 g/mol. The van der Waals surface area contributed by atoms with Gasteiger partial charge in [0, 0.05) is 5.56 Å². The zero-order valence-electron chi connectivity index (χ0n) is 9.50. The van der Waals surface area contributed by atoms with Crippen molar-refractivity contribution in [3.63, 3.8) is 0 Å². The molecule has 0 aliphatic carbocycles. The van der Waals surface area contributed by atoms with Gasteiger partial charge in [-0.2, -0.15) is 0 Å². The van der Waals surface area contributed by atoms with Crippen molar-refractivity contribution in [3.05, 3.63) is 29.3 Å². The minimum atomic E-state index is -0.302. The fourth-order valence-corrected chi connectivity index (χ4v) is 1.20. The fraction of sp³-hybridized carbons (Fsp3) is 0.333. The van der Waals surface area contributed by atoms with Gasteiger partial charge in [-0.3, -0.25) is 9.59 Å². The number of carbonyl (C=O) groups is 2. The van der Waals surface area contributed by atoms with Gasteiger partial charge in [0.05, 0.1) is 5.56 Å². The first-order chi connectivity index (χ1) is 7.04. The molecule has 3 nitrogen and oxygen atoms in total. The van der Waals surface area contributed by atoms with Crippen LogP contribution >= 0.6 is 0 Å². The van der Waals surface area contributed by atoms with Crippen molar-refractivity contribution in [1.82, 2.24) is 0 Å². The zero-order chi connectivity index (χ0) is 12.0. The molecule has 0 spiro atoms. The van der Waals surface area contributed by atoms with Crippen molar-refractivity contribution in [2.45, 2.75) is 27.7 Å². The van der Waals surface area contributed by atoms with Gasteiger partial charge in [0.15, 0.2) is 11.6 Å². The molecule has 0 heterocycles. The van der Waals surface area contributed by atoms with Crippen LogP contribution in [0.4, 0.5) is 0 Å². The zero-order valence-corrected chi connectivity index (χ0v) is 9.50. The van der Waals surface area contributed by atoms with Crippen LogP contribution in [0.25, 0.3) is 0 Å². The van der Waals surface area contributed by atoms with Gasteiger partial charge in [-0.1, -0.05) is 26.0 Å². The Labute approximate surface area is 89.7 Å². The van der Waals surface area contributed by atoms with E-state index in [1.165, 1.54) is 26.0 Å². The van der Waals surface area contributed by atoms with Crippen molar-refractivity contribution in [2.75, 3.05) is 0 Å². The van der Waals surface area contributed by atoms with Crippen molar-refractivity contribution >= 4 is 11.6 Å². The first kappa shape index (κ1) is 13.4. The molecule has 1 rings (SSSR count). The van der Waals surface area contributed by atoms with Crippen LogP contribution in [0.1, 0.15) is 48.4 Å². The van der Waals surface area contributed by atoms with Crippen LogP contribution in [0.3, 0.4) is 0 Å². The summed E-state index contributed by atoms with van der Waals surface area (Å²) in [5.41, 5.74) is 0.377. The Balaban J connectivity index is 0.000000921. The maximum Gasteiger partial charge on any atom is 0.164 e. The van der Waals surface area contributed by atoms with Gasteiger partial charge < -0.3 is 5.11 Å². The number of benzene rings is 1. The summed E-state index contributed by atoms with van der Waals surface area (Å²) in [6.45, 7) is 6.68. The predicted molar refractivity (Wildman–Crippen MR) is 59.5 cm³/mol. The predicted octanol–water partition coefficient (Wildman–Crippen LogP) is 2.82. The summed E-state index contributed by atoms with van der Waals surface area (Å²) >= 11 is 0. The summed E-state index contributed by atoms with van der Waals surface area (Å²) in [5, 5.41) is 9.34. The summed E-state index contributed by atoms with van der Waals surface area (Å²) in [6.07, 6.45) is 0. The molecule has 0 saturated heterocycles. The van der Waals surface area contributed by atoms with Crippen LogP contribution in [0, 0.1) is 0 Å². The lowest BCUT2D eigenvalue weighted by molar-refractivity contribution is 0.0978. The molecular formula is C12H16O3. The minimum Gasteiger partial charge on any atom is -0.507 e. The topological polar surface area (TPSA) is 54.4 Å². The standard InChI is InChI=1S/C10H10O3.C2H6/c1-6(11)8-4-3-5-9(13)10(8)7(2)12;1-2/h3-5,13H,1-2H3;1-2H3. The van der Waals surface area contributed by atoms with Gasteiger partial charge in [0.1, 0.15) is 5.75 Å². The van der Waals surface area contributed by atoms with Gasteiger partial charge in [-0.25, -0.2) is 0 Å². The third kappa shape index (κ3) is 3.20. The van der Waals surface area contributed by atoms with Crippen LogP contribution in [-0.4, -0.2) is 16.7 Å². The van der Waals surface area contributed by atoms with Gasteiger partial charge in [-0.05, 0) is 19.9 Å². The number of Topliss-reactive ketones (excluding diaryl/α,β-unsaturated/α-hetero) is 2. The molecule has 0 radical (unpaired) electrons. The van der Waals surface area contributed by atoms with E-state index in [2.05, 4.69) is 0 Å². The number of phenolic OH excluding ortho intramolecular Hbond substituents is 1. The number of hydrogen-bond donors (Lipinski definition) is 1.